The van der Waals surface area contributed by atoms with E-state index in [4.69, 9.17) is 27.9 Å². The van der Waals surface area contributed by atoms with Gasteiger partial charge in [-0.3, -0.25) is 0 Å². The number of hydrogen-bond donors (Lipinski definition) is 1. The molecule has 0 aliphatic carbocycles. The van der Waals surface area contributed by atoms with Gasteiger partial charge in [0.15, 0.2) is 0 Å². The van der Waals surface area contributed by atoms with Crippen molar-refractivity contribution in [1.29, 1.82) is 0 Å². The summed E-state index contributed by atoms with van der Waals surface area (Å²) in [5.41, 5.74) is 2.43. The molecule has 0 bridgehead atoms. The SMILES string of the molecule is OC(c1ccc(Cl)cc1Cl)c1cc(Br)cc2c1OCC2. The van der Waals surface area contributed by atoms with Crippen molar-refractivity contribution in [2.75, 3.05) is 6.61 Å². The molecule has 1 aliphatic heterocycles. The van der Waals surface area contributed by atoms with Crippen LogP contribution in [0.3, 0.4) is 0 Å². The van der Waals surface area contributed by atoms with E-state index in [0.717, 1.165) is 27.8 Å². The molecule has 5 heteroatoms. The minimum Gasteiger partial charge on any atom is -0.493 e. The molecule has 0 radical (unpaired) electrons. The fourth-order valence-corrected chi connectivity index (χ4v) is 3.43. The van der Waals surface area contributed by atoms with Crippen LogP contribution in [0.15, 0.2) is 34.8 Å². The van der Waals surface area contributed by atoms with Crippen LogP contribution >= 0.6 is 39.1 Å². The molecular formula is C15H11BrCl2O2. The third-order valence-electron chi connectivity index (χ3n) is 3.33. The molecule has 1 atom stereocenters. The number of aliphatic hydroxyl groups excluding tert-OH is 1. The molecule has 0 spiro atoms. The monoisotopic (exact) mass is 372 g/mol. The molecule has 2 aromatic rings. The van der Waals surface area contributed by atoms with Crippen molar-refractivity contribution < 1.29 is 9.84 Å². The third-order valence-corrected chi connectivity index (χ3v) is 4.35. The lowest BCUT2D eigenvalue weighted by atomic mass is 9.98. The predicted octanol–water partition coefficient (Wildman–Crippen LogP) is 4.77. The van der Waals surface area contributed by atoms with Crippen molar-refractivity contribution in [3.63, 3.8) is 0 Å². The Morgan fingerprint density at radius 1 is 1.15 bits per heavy atom. The number of halogens is 3. The van der Waals surface area contributed by atoms with Gasteiger partial charge in [0.2, 0.25) is 0 Å². The van der Waals surface area contributed by atoms with E-state index in [-0.39, 0.29) is 0 Å². The first-order valence-corrected chi connectivity index (χ1v) is 7.69. The Balaban J connectivity index is 2.09. The smallest absolute Gasteiger partial charge is 0.128 e. The molecule has 3 rings (SSSR count). The molecular weight excluding hydrogens is 363 g/mol. The molecule has 1 unspecified atom stereocenters. The van der Waals surface area contributed by atoms with Crippen LogP contribution in [0.1, 0.15) is 22.8 Å². The molecule has 2 aromatic carbocycles. The average molecular weight is 374 g/mol. The lowest BCUT2D eigenvalue weighted by molar-refractivity contribution is 0.214. The summed E-state index contributed by atoms with van der Waals surface area (Å²) < 4.78 is 6.56. The molecule has 0 amide bonds. The first kappa shape index (κ1) is 14.2. The molecule has 104 valence electrons. The number of rotatable bonds is 2. The maximum Gasteiger partial charge on any atom is 0.128 e. The average Bonchev–Trinajstić information content (AvgIpc) is 2.85. The van der Waals surface area contributed by atoms with Gasteiger partial charge in [0.25, 0.3) is 0 Å². The number of aliphatic hydroxyl groups is 1. The van der Waals surface area contributed by atoms with Gasteiger partial charge in [-0.1, -0.05) is 45.2 Å². The Kier molecular flexibility index (Phi) is 3.95. The maximum absolute atomic E-state index is 10.6. The fourth-order valence-electron chi connectivity index (χ4n) is 2.39. The van der Waals surface area contributed by atoms with Gasteiger partial charge in [0.05, 0.1) is 6.61 Å². The highest BCUT2D eigenvalue weighted by atomic mass is 79.9. The van der Waals surface area contributed by atoms with E-state index in [1.54, 1.807) is 18.2 Å². The highest BCUT2D eigenvalue weighted by Crippen LogP contribution is 2.40. The van der Waals surface area contributed by atoms with E-state index in [1.807, 2.05) is 12.1 Å². The third kappa shape index (κ3) is 2.56. The van der Waals surface area contributed by atoms with Crippen LogP contribution in [0, 0.1) is 0 Å². The second-order valence-corrected chi connectivity index (χ2v) is 6.41. The standard InChI is InChI=1S/C15H11BrCl2O2/c16-9-5-8-3-4-20-15(8)12(6-9)14(19)11-2-1-10(17)7-13(11)18/h1-2,5-7,14,19H,3-4H2. The zero-order valence-electron chi connectivity index (χ0n) is 10.4. The van der Waals surface area contributed by atoms with Crippen molar-refractivity contribution in [1.82, 2.24) is 0 Å². The van der Waals surface area contributed by atoms with Gasteiger partial charge < -0.3 is 9.84 Å². The van der Waals surface area contributed by atoms with Crippen LogP contribution in [0.25, 0.3) is 0 Å². The van der Waals surface area contributed by atoms with Gasteiger partial charge in [-0.25, -0.2) is 0 Å². The van der Waals surface area contributed by atoms with Gasteiger partial charge in [0.1, 0.15) is 11.9 Å². The molecule has 1 N–H and O–H groups in total. The van der Waals surface area contributed by atoms with Crippen LogP contribution in [-0.2, 0) is 6.42 Å². The molecule has 0 fully saturated rings. The van der Waals surface area contributed by atoms with Crippen LogP contribution in [0.5, 0.6) is 5.75 Å². The van der Waals surface area contributed by atoms with Crippen LogP contribution in [-0.4, -0.2) is 11.7 Å². The van der Waals surface area contributed by atoms with E-state index < -0.39 is 6.10 Å². The van der Waals surface area contributed by atoms with E-state index >= 15 is 0 Å². The van der Waals surface area contributed by atoms with Gasteiger partial charge >= 0.3 is 0 Å². The number of benzene rings is 2. The topological polar surface area (TPSA) is 29.5 Å². The lowest BCUT2D eigenvalue weighted by Gasteiger charge is -2.17. The van der Waals surface area contributed by atoms with Crippen molar-refractivity contribution in [3.05, 3.63) is 61.5 Å². The molecule has 20 heavy (non-hydrogen) atoms. The quantitative estimate of drug-likeness (QED) is 0.821. The Labute approximate surface area is 135 Å². The van der Waals surface area contributed by atoms with E-state index in [9.17, 15) is 5.11 Å². The number of ether oxygens (including phenoxy) is 1. The van der Waals surface area contributed by atoms with Crippen LogP contribution in [0.4, 0.5) is 0 Å². The van der Waals surface area contributed by atoms with E-state index in [1.165, 1.54) is 0 Å². The second kappa shape index (κ2) is 5.57. The van der Waals surface area contributed by atoms with Gasteiger partial charge in [-0.05, 0) is 29.8 Å². The van der Waals surface area contributed by atoms with Crippen molar-refractivity contribution in [2.24, 2.45) is 0 Å². The summed E-state index contributed by atoms with van der Waals surface area (Å²) in [6, 6.07) is 8.95. The fraction of sp³-hybridized carbons (Fsp3) is 0.200. The van der Waals surface area contributed by atoms with Gasteiger partial charge in [-0.2, -0.15) is 0 Å². The number of hydrogen-bond acceptors (Lipinski definition) is 2. The summed E-state index contributed by atoms with van der Waals surface area (Å²) in [4.78, 5) is 0. The van der Waals surface area contributed by atoms with E-state index in [2.05, 4.69) is 15.9 Å². The zero-order chi connectivity index (χ0) is 14.3. The molecule has 2 nitrogen and oxygen atoms in total. The summed E-state index contributed by atoms with van der Waals surface area (Å²) in [5, 5.41) is 11.6. The van der Waals surface area contributed by atoms with Crippen molar-refractivity contribution in [2.45, 2.75) is 12.5 Å². The first-order valence-electron chi connectivity index (χ1n) is 6.14. The molecule has 0 saturated heterocycles. The Morgan fingerprint density at radius 3 is 2.70 bits per heavy atom. The van der Waals surface area contributed by atoms with Crippen LogP contribution in [0.2, 0.25) is 10.0 Å². The Hall–Kier alpha value is -0.740. The summed E-state index contributed by atoms with van der Waals surface area (Å²) in [5.74, 6) is 0.756. The molecule has 0 saturated carbocycles. The molecule has 1 aliphatic rings. The van der Waals surface area contributed by atoms with Crippen molar-refractivity contribution >= 4 is 39.1 Å². The molecule has 1 heterocycles. The largest absolute Gasteiger partial charge is 0.493 e. The summed E-state index contributed by atoms with van der Waals surface area (Å²) in [6.07, 6.45) is 0.00663. The van der Waals surface area contributed by atoms with Crippen molar-refractivity contribution in [3.8, 4) is 5.75 Å². The zero-order valence-corrected chi connectivity index (χ0v) is 13.5. The normalized spacial score (nSPS) is 14.8. The highest BCUT2D eigenvalue weighted by Gasteiger charge is 2.24. The minimum absolute atomic E-state index is 0.441. The Morgan fingerprint density at radius 2 is 1.95 bits per heavy atom. The summed E-state index contributed by atoms with van der Waals surface area (Å²) in [6.45, 7) is 0.639. The molecule has 0 aromatic heterocycles. The number of fused-ring (bicyclic) bond motifs is 1. The van der Waals surface area contributed by atoms with Gasteiger partial charge in [-0.15, -0.1) is 0 Å². The van der Waals surface area contributed by atoms with Gasteiger partial charge in [0, 0.05) is 32.1 Å². The summed E-state index contributed by atoms with van der Waals surface area (Å²) in [7, 11) is 0. The maximum atomic E-state index is 10.6. The summed E-state index contributed by atoms with van der Waals surface area (Å²) >= 11 is 15.5. The second-order valence-electron chi connectivity index (χ2n) is 4.65. The van der Waals surface area contributed by atoms with Crippen LogP contribution < -0.4 is 4.74 Å². The Bertz CT molecular complexity index is 673. The minimum atomic E-state index is -0.843. The predicted molar refractivity (Wildman–Crippen MR) is 83.9 cm³/mol. The van der Waals surface area contributed by atoms with E-state index in [0.29, 0.717) is 22.2 Å². The first-order chi connectivity index (χ1) is 9.56. The lowest BCUT2D eigenvalue weighted by Crippen LogP contribution is -2.03. The highest BCUT2D eigenvalue weighted by molar-refractivity contribution is 9.10.